The van der Waals surface area contributed by atoms with Crippen LogP contribution >= 0.6 is 0 Å². The number of anilines is 4. The van der Waals surface area contributed by atoms with E-state index in [4.69, 9.17) is 14.8 Å². The number of para-hydroxylation sites is 3. The summed E-state index contributed by atoms with van der Waals surface area (Å²) in [5, 5.41) is 7.86. The topological polar surface area (TPSA) is 51.4 Å². The zero-order valence-electron chi connectivity index (χ0n) is 37.2. The second-order valence-electron chi connectivity index (χ2n) is 18.3. The highest BCUT2D eigenvalue weighted by molar-refractivity contribution is 6.09. The maximum absolute atomic E-state index is 6.99. The molecule has 0 fully saturated rings. The van der Waals surface area contributed by atoms with E-state index in [0.717, 1.165) is 79.1 Å². The number of aromatic nitrogens is 4. The molecule has 0 amide bonds. The van der Waals surface area contributed by atoms with Crippen LogP contribution in [0.1, 0.15) is 58.2 Å². The van der Waals surface area contributed by atoms with Gasteiger partial charge in [-0.1, -0.05) is 126 Å². The van der Waals surface area contributed by atoms with Crippen molar-refractivity contribution in [3.05, 3.63) is 181 Å². The molecule has 0 unspecified atom stereocenters. The number of hydrogen-bond acceptors (Lipinski definition) is 5. The molecule has 62 heavy (non-hydrogen) atoms. The number of aryl methyl sites for hydroxylation is 1. The third kappa shape index (κ3) is 7.60. The summed E-state index contributed by atoms with van der Waals surface area (Å²) in [6.45, 7) is 15.6. The average molecular weight is 815 g/mol. The predicted molar refractivity (Wildman–Crippen MR) is 259 cm³/mol. The molecule has 0 saturated carbocycles. The number of rotatable bonds is 9. The van der Waals surface area contributed by atoms with Gasteiger partial charge in [0.25, 0.3) is 0 Å². The first-order valence-electron chi connectivity index (χ1n) is 21.4. The molecule has 7 heteroatoms. The van der Waals surface area contributed by atoms with Crippen LogP contribution in [0.5, 0.6) is 11.5 Å². The first-order chi connectivity index (χ1) is 29.7. The first-order valence-corrected chi connectivity index (χ1v) is 21.4. The minimum atomic E-state index is -0.198. The Morgan fingerprint density at radius 2 is 1.18 bits per heavy atom. The van der Waals surface area contributed by atoms with E-state index in [1.54, 1.807) is 0 Å². The van der Waals surface area contributed by atoms with Crippen LogP contribution in [0, 0.1) is 6.92 Å². The summed E-state index contributed by atoms with van der Waals surface area (Å²) >= 11 is 0. The number of nitrogens with zero attached hydrogens (tertiary/aromatic N) is 6. The number of benzene rings is 6. The number of hydrogen-bond donors (Lipinski definition) is 0. The Bertz CT molecular complexity index is 3040. The van der Waals surface area contributed by atoms with E-state index >= 15 is 0 Å². The lowest BCUT2D eigenvalue weighted by molar-refractivity contribution is 0.478. The fourth-order valence-electron chi connectivity index (χ4n) is 8.25. The summed E-state index contributed by atoms with van der Waals surface area (Å²) < 4.78 is 11.3. The molecule has 7 nitrogen and oxygen atoms in total. The van der Waals surface area contributed by atoms with E-state index < -0.39 is 0 Å². The highest BCUT2D eigenvalue weighted by Gasteiger charge is 2.29. The Labute approximate surface area is 365 Å². The van der Waals surface area contributed by atoms with Crippen LogP contribution in [0.15, 0.2) is 164 Å². The van der Waals surface area contributed by atoms with Crippen LogP contribution < -0.4 is 14.5 Å². The normalized spacial score (nSPS) is 12.0. The molecule has 0 radical (unpaired) electrons. The predicted octanol–water partition coefficient (Wildman–Crippen LogP) is 14.3. The van der Waals surface area contributed by atoms with Gasteiger partial charge in [0.15, 0.2) is 5.82 Å². The Kier molecular flexibility index (Phi) is 10.2. The van der Waals surface area contributed by atoms with E-state index in [9.17, 15) is 0 Å². The minimum absolute atomic E-state index is 0.0243. The summed E-state index contributed by atoms with van der Waals surface area (Å²) in [5.41, 5.74) is 10.5. The van der Waals surface area contributed by atoms with Gasteiger partial charge in [0.2, 0.25) is 0 Å². The van der Waals surface area contributed by atoms with E-state index in [0.29, 0.717) is 0 Å². The van der Waals surface area contributed by atoms with Crippen LogP contribution in [0.4, 0.5) is 23.0 Å². The molecule has 0 aliphatic heterocycles. The second-order valence-corrected chi connectivity index (χ2v) is 18.3. The van der Waals surface area contributed by atoms with Crippen molar-refractivity contribution < 1.29 is 4.74 Å². The van der Waals surface area contributed by atoms with Gasteiger partial charge in [0.05, 0.1) is 22.3 Å². The highest BCUT2D eigenvalue weighted by Crippen LogP contribution is 2.45. The molecule has 3 aromatic heterocycles. The van der Waals surface area contributed by atoms with E-state index in [2.05, 4.69) is 233 Å². The van der Waals surface area contributed by atoms with Gasteiger partial charge in [-0.05, 0) is 101 Å². The summed E-state index contributed by atoms with van der Waals surface area (Å²) in [5.74, 6) is 4.11. The number of fused-ring (bicyclic) bond motifs is 3. The highest BCUT2D eigenvalue weighted by atomic mass is 16.5. The van der Waals surface area contributed by atoms with Crippen molar-refractivity contribution in [3.8, 4) is 34.1 Å². The standard InChI is InChI=1S/C55H54N6O/c1-37-24-26-38(27-25-37)51-52(58(8)41-18-12-10-13-19-41)57-61(53(51)59(9)42-20-14-11-15-21-42)43-32-40(55(5,6)7)33-45(35-43)62-44-28-29-47-46-22-16-17-23-48(46)60(49(47)36-44)50-34-39(30-31-56-50)54(2,3)4/h10-36H,1-9H3. The Hall–Kier alpha value is -7.12. The Balaban J connectivity index is 1.24. The molecular formula is C55H54N6O. The Morgan fingerprint density at radius 3 is 1.85 bits per heavy atom. The molecule has 3 heterocycles. The van der Waals surface area contributed by atoms with E-state index in [-0.39, 0.29) is 10.8 Å². The van der Waals surface area contributed by atoms with Crippen LogP contribution in [-0.2, 0) is 10.8 Å². The SMILES string of the molecule is Cc1ccc(-c2c(N(C)c3ccccc3)nn(-c3cc(Oc4ccc5c6ccccc6n(-c6cc(C(C)(C)C)ccn6)c5c4)cc(C(C)(C)C)c3)c2N(C)c2ccccc2)cc1. The number of pyridine rings is 1. The molecule has 9 aromatic rings. The summed E-state index contributed by atoms with van der Waals surface area (Å²) in [7, 11) is 4.22. The van der Waals surface area contributed by atoms with Crippen molar-refractivity contribution >= 4 is 44.8 Å². The molecule has 0 spiro atoms. The lowest BCUT2D eigenvalue weighted by atomic mass is 9.86. The van der Waals surface area contributed by atoms with E-state index in [1.807, 2.05) is 12.3 Å². The molecule has 6 aromatic carbocycles. The molecule has 310 valence electrons. The van der Waals surface area contributed by atoms with Gasteiger partial charge in [-0.15, -0.1) is 5.10 Å². The smallest absolute Gasteiger partial charge is 0.165 e. The lowest BCUT2D eigenvalue weighted by Crippen LogP contribution is -2.16. The zero-order valence-corrected chi connectivity index (χ0v) is 37.2. The molecule has 0 aliphatic rings. The summed E-state index contributed by atoms with van der Waals surface area (Å²) in [6, 6.07) is 55.5. The fraction of sp³-hybridized carbons (Fsp3) is 0.200. The molecular weight excluding hydrogens is 761 g/mol. The van der Waals surface area contributed by atoms with Gasteiger partial charge in [-0.25, -0.2) is 9.67 Å². The third-order valence-corrected chi connectivity index (χ3v) is 11.8. The van der Waals surface area contributed by atoms with Gasteiger partial charge in [0, 0.05) is 54.6 Å². The van der Waals surface area contributed by atoms with Crippen molar-refractivity contribution in [3.63, 3.8) is 0 Å². The average Bonchev–Trinajstić information content (AvgIpc) is 3.83. The third-order valence-electron chi connectivity index (χ3n) is 11.8. The molecule has 9 rings (SSSR count). The molecule has 0 bridgehead atoms. The monoisotopic (exact) mass is 814 g/mol. The van der Waals surface area contributed by atoms with Crippen LogP contribution in [0.3, 0.4) is 0 Å². The van der Waals surface area contributed by atoms with Gasteiger partial charge < -0.3 is 14.5 Å². The summed E-state index contributed by atoms with van der Waals surface area (Å²) in [6.07, 6.45) is 1.92. The molecule has 0 saturated heterocycles. The molecule has 0 aliphatic carbocycles. The van der Waals surface area contributed by atoms with Crippen molar-refractivity contribution in [1.82, 2.24) is 19.3 Å². The van der Waals surface area contributed by atoms with Crippen molar-refractivity contribution in [2.24, 2.45) is 0 Å². The van der Waals surface area contributed by atoms with Gasteiger partial charge in [-0.3, -0.25) is 4.57 Å². The van der Waals surface area contributed by atoms with E-state index in [1.165, 1.54) is 16.5 Å². The maximum Gasteiger partial charge on any atom is 0.165 e. The van der Waals surface area contributed by atoms with Gasteiger partial charge in [0.1, 0.15) is 23.1 Å². The second kappa shape index (κ2) is 15.7. The van der Waals surface area contributed by atoms with Crippen LogP contribution in [-0.4, -0.2) is 33.4 Å². The summed E-state index contributed by atoms with van der Waals surface area (Å²) in [4.78, 5) is 9.33. The zero-order chi connectivity index (χ0) is 43.3. The van der Waals surface area contributed by atoms with Crippen molar-refractivity contribution in [2.75, 3.05) is 23.9 Å². The van der Waals surface area contributed by atoms with Crippen molar-refractivity contribution in [1.29, 1.82) is 0 Å². The maximum atomic E-state index is 6.99. The lowest BCUT2D eigenvalue weighted by Gasteiger charge is -2.25. The number of ether oxygens (including phenoxy) is 1. The quantitative estimate of drug-likeness (QED) is 0.145. The van der Waals surface area contributed by atoms with Crippen LogP contribution in [0.2, 0.25) is 0 Å². The largest absolute Gasteiger partial charge is 0.457 e. The Morgan fingerprint density at radius 1 is 0.548 bits per heavy atom. The van der Waals surface area contributed by atoms with Crippen molar-refractivity contribution in [2.45, 2.75) is 59.3 Å². The molecule has 0 atom stereocenters. The minimum Gasteiger partial charge on any atom is -0.457 e. The van der Waals surface area contributed by atoms with Gasteiger partial charge >= 0.3 is 0 Å². The van der Waals surface area contributed by atoms with Crippen LogP contribution in [0.25, 0.3) is 44.4 Å². The first kappa shape index (κ1) is 40.3. The molecule has 0 N–H and O–H groups in total. The fourth-order valence-corrected chi connectivity index (χ4v) is 8.25. The van der Waals surface area contributed by atoms with Gasteiger partial charge in [-0.2, -0.15) is 0 Å².